The van der Waals surface area contributed by atoms with Crippen LogP contribution in [0.5, 0.6) is 0 Å². The van der Waals surface area contributed by atoms with Crippen molar-refractivity contribution < 1.29 is 9.31 Å². The highest BCUT2D eigenvalue weighted by Gasteiger charge is 2.61. The van der Waals surface area contributed by atoms with E-state index in [9.17, 15) is 0 Å². The molecule has 0 bridgehead atoms. The fourth-order valence-electron chi connectivity index (χ4n) is 9.49. The molecule has 0 N–H and O–H groups in total. The van der Waals surface area contributed by atoms with Crippen LogP contribution in [0.25, 0.3) is 22.3 Å². The van der Waals surface area contributed by atoms with Gasteiger partial charge in [-0.05, 0) is 99.9 Å². The maximum absolute atomic E-state index is 6.95. The van der Waals surface area contributed by atoms with E-state index in [1.54, 1.807) is 0 Å². The molecule has 1 heterocycles. The van der Waals surface area contributed by atoms with Crippen molar-refractivity contribution in [1.29, 1.82) is 0 Å². The molecule has 47 heavy (non-hydrogen) atoms. The van der Waals surface area contributed by atoms with E-state index in [0.717, 1.165) is 5.46 Å². The lowest BCUT2D eigenvalue weighted by Crippen LogP contribution is -2.50. The van der Waals surface area contributed by atoms with Crippen molar-refractivity contribution in [3.63, 3.8) is 0 Å². The summed E-state index contributed by atoms with van der Waals surface area (Å²) in [6.45, 7) is 8.61. The molecular formula is C44H35BO2. The Bertz CT molecular complexity index is 2190. The minimum absolute atomic E-state index is 0.476. The second-order valence-corrected chi connectivity index (χ2v) is 14.6. The zero-order valence-electron chi connectivity index (χ0n) is 27.2. The van der Waals surface area contributed by atoms with Gasteiger partial charge in [0.1, 0.15) is 0 Å². The second kappa shape index (κ2) is 9.01. The van der Waals surface area contributed by atoms with Gasteiger partial charge < -0.3 is 9.31 Å². The maximum atomic E-state index is 6.95. The van der Waals surface area contributed by atoms with Gasteiger partial charge >= 0.3 is 7.12 Å². The summed E-state index contributed by atoms with van der Waals surface area (Å²) in [6.07, 6.45) is 0. The van der Waals surface area contributed by atoms with Crippen LogP contribution in [0.2, 0.25) is 0 Å². The fourth-order valence-corrected chi connectivity index (χ4v) is 9.49. The fraction of sp³-hybridized carbons (Fsp3) is 0.182. The quantitative estimate of drug-likeness (QED) is 0.174. The SMILES string of the molecule is CC1(C)OB(c2cccc3c2C2(c4ccccc4-c4ccccc42)c2ccccc2C32c3ccccc3-c3ccccc32)OC1(C)C. The predicted molar refractivity (Wildman–Crippen MR) is 190 cm³/mol. The van der Waals surface area contributed by atoms with E-state index in [0.29, 0.717) is 0 Å². The van der Waals surface area contributed by atoms with Crippen molar-refractivity contribution in [2.24, 2.45) is 0 Å². The van der Waals surface area contributed by atoms with Gasteiger partial charge in [0.15, 0.2) is 0 Å². The van der Waals surface area contributed by atoms with Crippen LogP contribution in [0.3, 0.4) is 0 Å². The summed E-state index contributed by atoms with van der Waals surface area (Å²) in [7, 11) is -0.527. The number of benzene rings is 6. The molecule has 0 saturated carbocycles. The van der Waals surface area contributed by atoms with E-state index in [2.05, 4.69) is 167 Å². The third-order valence-electron chi connectivity index (χ3n) is 12.0. The summed E-state index contributed by atoms with van der Waals surface area (Å²) in [4.78, 5) is 0. The molecule has 0 amide bonds. The van der Waals surface area contributed by atoms with Gasteiger partial charge in [-0.3, -0.25) is 0 Å². The predicted octanol–water partition coefficient (Wildman–Crippen LogP) is 9.03. The number of hydrogen-bond acceptors (Lipinski definition) is 2. The van der Waals surface area contributed by atoms with Gasteiger partial charge in [-0.25, -0.2) is 0 Å². The summed E-state index contributed by atoms with van der Waals surface area (Å²) >= 11 is 0. The molecule has 0 radical (unpaired) electrons. The van der Waals surface area contributed by atoms with Gasteiger partial charge in [0.2, 0.25) is 0 Å². The third-order valence-corrected chi connectivity index (χ3v) is 12.0. The lowest BCUT2D eigenvalue weighted by molar-refractivity contribution is 0.00578. The van der Waals surface area contributed by atoms with Crippen molar-refractivity contribution in [3.05, 3.63) is 184 Å². The molecular weight excluding hydrogens is 571 g/mol. The highest BCUT2D eigenvalue weighted by Crippen LogP contribution is 2.67. The molecule has 6 aromatic rings. The van der Waals surface area contributed by atoms with E-state index >= 15 is 0 Å². The first kappa shape index (κ1) is 27.4. The highest BCUT2D eigenvalue weighted by atomic mass is 16.7. The van der Waals surface area contributed by atoms with Gasteiger partial charge in [-0.1, -0.05) is 140 Å². The second-order valence-electron chi connectivity index (χ2n) is 14.6. The van der Waals surface area contributed by atoms with Crippen LogP contribution in [0.15, 0.2) is 140 Å². The van der Waals surface area contributed by atoms with Gasteiger partial charge in [-0.2, -0.15) is 0 Å². The maximum Gasteiger partial charge on any atom is 0.495 e. The molecule has 0 aromatic heterocycles. The van der Waals surface area contributed by atoms with E-state index in [1.165, 1.54) is 66.8 Å². The molecule has 1 fully saturated rings. The van der Waals surface area contributed by atoms with E-state index in [-0.39, 0.29) is 0 Å². The molecule has 0 atom stereocenters. The number of hydrogen-bond donors (Lipinski definition) is 0. The Morgan fingerprint density at radius 1 is 0.362 bits per heavy atom. The van der Waals surface area contributed by atoms with Crippen LogP contribution in [-0.2, 0) is 20.1 Å². The molecule has 10 rings (SSSR count). The molecule has 0 unspecified atom stereocenters. The largest absolute Gasteiger partial charge is 0.495 e. The smallest absolute Gasteiger partial charge is 0.399 e. The summed E-state index contributed by atoms with van der Waals surface area (Å²) in [6, 6.07) is 52.3. The summed E-state index contributed by atoms with van der Waals surface area (Å²) in [5, 5.41) is 0. The van der Waals surface area contributed by atoms with Gasteiger partial charge in [-0.15, -0.1) is 0 Å². The van der Waals surface area contributed by atoms with Crippen molar-refractivity contribution >= 4 is 12.6 Å². The van der Waals surface area contributed by atoms with Crippen molar-refractivity contribution in [3.8, 4) is 22.3 Å². The van der Waals surface area contributed by atoms with Gasteiger partial charge in [0.25, 0.3) is 0 Å². The number of fused-ring (bicyclic) bond motifs is 16. The minimum Gasteiger partial charge on any atom is -0.399 e. The molecule has 1 aliphatic heterocycles. The summed E-state index contributed by atoms with van der Waals surface area (Å²) in [5.74, 6) is 0. The first-order chi connectivity index (χ1) is 22.8. The zero-order chi connectivity index (χ0) is 31.8. The monoisotopic (exact) mass is 606 g/mol. The Hall–Kier alpha value is -4.70. The number of rotatable bonds is 1. The van der Waals surface area contributed by atoms with E-state index < -0.39 is 29.2 Å². The summed E-state index contributed by atoms with van der Waals surface area (Å²) in [5.41, 5.74) is 14.7. The Morgan fingerprint density at radius 3 is 1.15 bits per heavy atom. The van der Waals surface area contributed by atoms with Crippen LogP contribution in [0.4, 0.5) is 0 Å². The van der Waals surface area contributed by atoms with E-state index in [1.807, 2.05) is 0 Å². The van der Waals surface area contributed by atoms with E-state index in [4.69, 9.17) is 9.31 Å². The molecule has 226 valence electrons. The average molecular weight is 607 g/mol. The molecule has 2 nitrogen and oxygen atoms in total. The van der Waals surface area contributed by atoms with Crippen LogP contribution >= 0.6 is 0 Å². The normalized spacial score (nSPS) is 19.1. The lowest BCUT2D eigenvalue weighted by atomic mass is 9.49. The standard InChI is InChI=1S/C44H35BO2/c1-41(2)42(3,4)47-45(46-41)39-27-15-26-38-40(39)44(34-22-11-7-18-30(34)31-19-8-12-23-35(31)44)37-25-14-13-24-36(37)43(38)32-20-9-5-16-28(32)29-17-6-10-21-33(29)43/h5-27H,1-4H3. The summed E-state index contributed by atoms with van der Waals surface area (Å²) < 4.78 is 13.9. The van der Waals surface area contributed by atoms with Crippen LogP contribution in [0, 0.1) is 0 Å². The first-order valence-corrected chi connectivity index (χ1v) is 16.8. The minimum atomic E-state index is -0.572. The average Bonchev–Trinajstić information content (AvgIpc) is 3.64. The molecule has 3 heteroatoms. The van der Waals surface area contributed by atoms with Crippen molar-refractivity contribution in [2.45, 2.75) is 49.7 Å². The Morgan fingerprint density at radius 2 is 0.702 bits per heavy atom. The zero-order valence-corrected chi connectivity index (χ0v) is 27.2. The van der Waals surface area contributed by atoms with Gasteiger partial charge in [0.05, 0.1) is 22.0 Å². The highest BCUT2D eigenvalue weighted by molar-refractivity contribution is 6.63. The third kappa shape index (κ3) is 3.11. The van der Waals surface area contributed by atoms with Crippen molar-refractivity contribution in [1.82, 2.24) is 0 Å². The Kier molecular flexibility index (Phi) is 5.26. The Labute approximate surface area is 277 Å². The van der Waals surface area contributed by atoms with Crippen LogP contribution in [-0.4, -0.2) is 18.3 Å². The first-order valence-electron chi connectivity index (χ1n) is 16.8. The van der Waals surface area contributed by atoms with Crippen molar-refractivity contribution in [2.75, 3.05) is 0 Å². The van der Waals surface area contributed by atoms with Crippen LogP contribution in [0.1, 0.15) is 72.2 Å². The molecule has 6 aromatic carbocycles. The van der Waals surface area contributed by atoms with Crippen LogP contribution < -0.4 is 5.46 Å². The molecule has 4 aliphatic rings. The topological polar surface area (TPSA) is 18.5 Å². The van der Waals surface area contributed by atoms with Gasteiger partial charge in [0, 0.05) is 0 Å². The molecule has 1 saturated heterocycles. The Balaban J connectivity index is 1.44. The lowest BCUT2D eigenvalue weighted by Gasteiger charge is -2.49. The molecule has 3 aliphatic carbocycles. The molecule has 2 spiro atoms.